The van der Waals surface area contributed by atoms with Gasteiger partial charge in [-0.25, -0.2) is 4.79 Å². The molecule has 0 aromatic rings. The van der Waals surface area contributed by atoms with Gasteiger partial charge in [0.2, 0.25) is 6.29 Å². The third-order valence-corrected chi connectivity index (χ3v) is 1.18. The lowest BCUT2D eigenvalue weighted by Crippen LogP contribution is -2.17. The molecule has 1 aliphatic heterocycles. The Morgan fingerprint density at radius 1 is 1.73 bits per heavy atom. The molecule has 1 fully saturated rings. The monoisotopic (exact) mass is 160 g/mol. The molecule has 64 valence electrons. The molecule has 0 N–H and O–H groups in total. The summed E-state index contributed by atoms with van der Waals surface area (Å²) in [5, 5.41) is 0. The van der Waals surface area contributed by atoms with E-state index in [2.05, 4.69) is 9.47 Å². The van der Waals surface area contributed by atoms with Gasteiger partial charge in [-0.15, -0.1) is 0 Å². The highest BCUT2D eigenvalue weighted by Crippen LogP contribution is 2.08. The fraction of sp³-hybridized carbons (Fsp3) is 0.857. The maximum absolute atomic E-state index is 10.4. The van der Waals surface area contributed by atoms with Crippen LogP contribution in [-0.4, -0.2) is 25.7 Å². The van der Waals surface area contributed by atoms with Crippen molar-refractivity contribution >= 4 is 6.16 Å². The quantitative estimate of drug-likeness (QED) is 0.581. The van der Waals surface area contributed by atoms with Crippen LogP contribution in [0.1, 0.15) is 13.8 Å². The molecule has 1 unspecified atom stereocenters. The Kier molecular flexibility index (Phi) is 2.70. The van der Waals surface area contributed by atoms with Crippen molar-refractivity contribution < 1.29 is 19.0 Å². The van der Waals surface area contributed by atoms with Crippen LogP contribution >= 0.6 is 0 Å². The van der Waals surface area contributed by atoms with Crippen molar-refractivity contribution in [1.29, 1.82) is 0 Å². The molecule has 0 radical (unpaired) electrons. The molecular formula is C7H12O4. The minimum atomic E-state index is -0.640. The first-order valence-electron chi connectivity index (χ1n) is 3.63. The molecule has 1 rings (SSSR count). The zero-order valence-electron chi connectivity index (χ0n) is 6.70. The van der Waals surface area contributed by atoms with Gasteiger partial charge in [0.1, 0.15) is 0 Å². The predicted molar refractivity (Wildman–Crippen MR) is 37.0 cm³/mol. The molecule has 11 heavy (non-hydrogen) atoms. The average Bonchev–Trinajstić information content (AvgIpc) is 2.31. The molecule has 1 aliphatic rings. The van der Waals surface area contributed by atoms with Crippen molar-refractivity contribution in [2.45, 2.75) is 20.1 Å². The summed E-state index contributed by atoms with van der Waals surface area (Å²) < 4.78 is 14.3. The topological polar surface area (TPSA) is 44.8 Å². The van der Waals surface area contributed by atoms with Gasteiger partial charge in [0.25, 0.3) is 0 Å². The standard InChI is InChI=1S/C7H12O4/c1-5(2)3-9-6-4-10-7(8)11-6/h5-6H,3-4H2,1-2H3. The molecule has 0 aliphatic carbocycles. The Bertz CT molecular complexity index is 143. The molecule has 0 spiro atoms. The molecule has 4 nitrogen and oxygen atoms in total. The van der Waals surface area contributed by atoms with Crippen LogP contribution < -0.4 is 0 Å². The van der Waals surface area contributed by atoms with Gasteiger partial charge in [0, 0.05) is 0 Å². The van der Waals surface area contributed by atoms with Crippen molar-refractivity contribution in [1.82, 2.24) is 0 Å². The third kappa shape index (κ3) is 2.76. The number of carbonyl (C=O) groups is 1. The van der Waals surface area contributed by atoms with Gasteiger partial charge in [-0.2, -0.15) is 0 Å². The first-order chi connectivity index (χ1) is 5.18. The molecule has 0 aromatic heterocycles. The fourth-order valence-electron chi connectivity index (χ4n) is 0.693. The number of hydrogen-bond donors (Lipinski definition) is 0. The summed E-state index contributed by atoms with van der Waals surface area (Å²) in [5.74, 6) is 0.439. The van der Waals surface area contributed by atoms with E-state index in [1.54, 1.807) is 0 Å². The highest BCUT2D eigenvalue weighted by molar-refractivity contribution is 5.61. The SMILES string of the molecule is CC(C)COC1COC(=O)O1. The van der Waals surface area contributed by atoms with Gasteiger partial charge in [-0.1, -0.05) is 13.8 Å². The van der Waals surface area contributed by atoms with Crippen molar-refractivity contribution in [3.63, 3.8) is 0 Å². The molecular weight excluding hydrogens is 148 g/mol. The molecule has 4 heteroatoms. The normalized spacial score (nSPS) is 23.5. The number of ether oxygens (including phenoxy) is 3. The van der Waals surface area contributed by atoms with Crippen LogP contribution in [0.25, 0.3) is 0 Å². The summed E-state index contributed by atoms with van der Waals surface area (Å²) in [6.07, 6.45) is -1.14. The first-order valence-corrected chi connectivity index (χ1v) is 3.63. The highest BCUT2D eigenvalue weighted by Gasteiger charge is 2.25. The van der Waals surface area contributed by atoms with Crippen LogP contribution in [0.4, 0.5) is 4.79 Å². The molecule has 0 bridgehead atoms. The lowest BCUT2D eigenvalue weighted by Gasteiger charge is -2.09. The van der Waals surface area contributed by atoms with Crippen molar-refractivity contribution in [3.8, 4) is 0 Å². The van der Waals surface area contributed by atoms with Crippen LogP contribution in [0.15, 0.2) is 0 Å². The lowest BCUT2D eigenvalue weighted by molar-refractivity contribution is -0.0854. The average molecular weight is 160 g/mol. The van der Waals surface area contributed by atoms with Crippen LogP contribution in [0.2, 0.25) is 0 Å². The van der Waals surface area contributed by atoms with E-state index in [0.717, 1.165) is 0 Å². The second kappa shape index (κ2) is 3.57. The Morgan fingerprint density at radius 2 is 2.45 bits per heavy atom. The number of hydrogen-bond acceptors (Lipinski definition) is 4. The largest absolute Gasteiger partial charge is 0.510 e. The van der Waals surface area contributed by atoms with Crippen LogP contribution in [0.3, 0.4) is 0 Å². The fourth-order valence-corrected chi connectivity index (χ4v) is 0.693. The number of rotatable bonds is 3. The van der Waals surface area contributed by atoms with E-state index in [0.29, 0.717) is 12.5 Å². The van der Waals surface area contributed by atoms with Crippen molar-refractivity contribution in [3.05, 3.63) is 0 Å². The van der Waals surface area contributed by atoms with Crippen molar-refractivity contribution in [2.75, 3.05) is 13.2 Å². The van der Waals surface area contributed by atoms with Crippen LogP contribution in [0.5, 0.6) is 0 Å². The molecule has 0 aromatic carbocycles. The Morgan fingerprint density at radius 3 is 2.91 bits per heavy atom. The third-order valence-electron chi connectivity index (χ3n) is 1.18. The Hall–Kier alpha value is -0.770. The van der Waals surface area contributed by atoms with E-state index < -0.39 is 12.4 Å². The smallest absolute Gasteiger partial charge is 0.428 e. The van der Waals surface area contributed by atoms with Gasteiger partial charge in [-0.05, 0) is 5.92 Å². The van der Waals surface area contributed by atoms with E-state index in [4.69, 9.17) is 4.74 Å². The van der Waals surface area contributed by atoms with E-state index in [9.17, 15) is 4.79 Å². The van der Waals surface area contributed by atoms with E-state index >= 15 is 0 Å². The summed E-state index contributed by atoms with van der Waals surface area (Å²) in [5.41, 5.74) is 0. The van der Waals surface area contributed by atoms with E-state index in [1.165, 1.54) is 0 Å². The van der Waals surface area contributed by atoms with E-state index in [1.807, 2.05) is 13.8 Å². The van der Waals surface area contributed by atoms with Gasteiger partial charge < -0.3 is 14.2 Å². The summed E-state index contributed by atoms with van der Waals surface area (Å²) in [4.78, 5) is 10.4. The number of cyclic esters (lactones) is 2. The zero-order valence-corrected chi connectivity index (χ0v) is 6.70. The Balaban J connectivity index is 2.13. The summed E-state index contributed by atoms with van der Waals surface area (Å²) in [6, 6.07) is 0. The van der Waals surface area contributed by atoms with Crippen LogP contribution in [0, 0.1) is 5.92 Å². The lowest BCUT2D eigenvalue weighted by atomic mass is 10.2. The first kappa shape index (κ1) is 8.33. The van der Waals surface area contributed by atoms with Gasteiger partial charge >= 0.3 is 6.16 Å². The highest BCUT2D eigenvalue weighted by atomic mass is 16.8. The zero-order chi connectivity index (χ0) is 8.27. The van der Waals surface area contributed by atoms with Gasteiger partial charge in [0.05, 0.1) is 6.61 Å². The minimum absolute atomic E-state index is 0.214. The second-order valence-corrected chi connectivity index (χ2v) is 2.84. The summed E-state index contributed by atoms with van der Waals surface area (Å²) >= 11 is 0. The molecule has 1 saturated heterocycles. The van der Waals surface area contributed by atoms with Crippen LogP contribution in [-0.2, 0) is 14.2 Å². The summed E-state index contributed by atoms with van der Waals surface area (Å²) in [6.45, 7) is 4.85. The number of carbonyl (C=O) groups excluding carboxylic acids is 1. The summed E-state index contributed by atoms with van der Waals surface area (Å²) in [7, 11) is 0. The molecule has 0 amide bonds. The molecule has 0 saturated carbocycles. The maximum atomic E-state index is 10.4. The Labute approximate surface area is 65.4 Å². The van der Waals surface area contributed by atoms with Crippen molar-refractivity contribution in [2.24, 2.45) is 5.92 Å². The maximum Gasteiger partial charge on any atom is 0.510 e. The molecule has 1 atom stereocenters. The molecule has 1 heterocycles. The predicted octanol–water partition coefficient (Wildman–Crippen LogP) is 1.15. The minimum Gasteiger partial charge on any atom is -0.428 e. The van der Waals surface area contributed by atoms with Gasteiger partial charge in [0.15, 0.2) is 6.61 Å². The van der Waals surface area contributed by atoms with Gasteiger partial charge in [-0.3, -0.25) is 0 Å². The van der Waals surface area contributed by atoms with E-state index in [-0.39, 0.29) is 6.61 Å². The second-order valence-electron chi connectivity index (χ2n) is 2.84.